The summed E-state index contributed by atoms with van der Waals surface area (Å²) in [5.41, 5.74) is 5.83. The van der Waals surface area contributed by atoms with Crippen molar-refractivity contribution in [2.45, 2.75) is 0 Å². The lowest BCUT2D eigenvalue weighted by molar-refractivity contribution is -0.385. The lowest BCUT2D eigenvalue weighted by Crippen LogP contribution is -2.12. The molecule has 0 heterocycles. The Morgan fingerprint density at radius 2 is 1.85 bits per heavy atom. The van der Waals surface area contributed by atoms with Crippen molar-refractivity contribution in [3.05, 3.63) is 64.2 Å². The normalized spacial score (nSPS) is 11.1. The monoisotopic (exact) mass is 273 g/mol. The minimum atomic E-state index is -0.514. The molecule has 2 aromatic carbocycles. The number of ether oxygens (including phenoxy) is 1. The van der Waals surface area contributed by atoms with E-state index < -0.39 is 4.92 Å². The third-order valence-electron chi connectivity index (χ3n) is 2.55. The molecule has 7 heteroatoms. The van der Waals surface area contributed by atoms with Crippen molar-refractivity contribution < 1.29 is 14.9 Å². The summed E-state index contributed by atoms with van der Waals surface area (Å²) >= 11 is 0. The zero-order valence-corrected chi connectivity index (χ0v) is 10.3. The predicted octanol–water partition coefficient (Wildman–Crippen LogP) is 2.48. The molecular weight excluding hydrogens is 262 g/mol. The van der Waals surface area contributed by atoms with Gasteiger partial charge in [0.05, 0.1) is 4.92 Å². The van der Waals surface area contributed by atoms with E-state index >= 15 is 0 Å². The molecule has 3 N–H and O–H groups in total. The van der Waals surface area contributed by atoms with Gasteiger partial charge in [0, 0.05) is 11.6 Å². The van der Waals surface area contributed by atoms with E-state index in [1.54, 1.807) is 36.4 Å². The van der Waals surface area contributed by atoms with Crippen molar-refractivity contribution in [1.82, 2.24) is 0 Å². The maximum Gasteiger partial charge on any atom is 0.311 e. The highest BCUT2D eigenvalue weighted by Crippen LogP contribution is 2.30. The molecule has 0 aliphatic carbocycles. The number of amidine groups is 1. The Bertz CT molecular complexity index is 653. The van der Waals surface area contributed by atoms with Crippen LogP contribution in [0.1, 0.15) is 5.56 Å². The fraction of sp³-hybridized carbons (Fsp3) is 0. The van der Waals surface area contributed by atoms with E-state index in [2.05, 4.69) is 5.16 Å². The van der Waals surface area contributed by atoms with Gasteiger partial charge in [0.1, 0.15) is 5.75 Å². The first kappa shape index (κ1) is 13.3. The Hall–Kier alpha value is -3.09. The van der Waals surface area contributed by atoms with Crippen LogP contribution >= 0.6 is 0 Å². The lowest BCUT2D eigenvalue weighted by atomic mass is 10.2. The van der Waals surface area contributed by atoms with Gasteiger partial charge in [0.25, 0.3) is 0 Å². The molecule has 0 bridgehead atoms. The number of hydrogen-bond acceptors (Lipinski definition) is 5. The summed E-state index contributed by atoms with van der Waals surface area (Å²) in [6.07, 6.45) is 0. The molecule has 0 unspecified atom stereocenters. The largest absolute Gasteiger partial charge is 0.450 e. The van der Waals surface area contributed by atoms with Crippen LogP contribution in [0.4, 0.5) is 5.69 Å². The van der Waals surface area contributed by atoms with Gasteiger partial charge in [-0.3, -0.25) is 10.1 Å². The summed E-state index contributed by atoms with van der Waals surface area (Å²) in [5, 5.41) is 22.3. The number of hydrogen-bond donors (Lipinski definition) is 2. The standard InChI is InChI=1S/C13H11N3O4/c14-13(15-17)9-5-7-10(8-6-9)20-12-4-2-1-3-11(12)16(18)19/h1-8,17H,(H2,14,15). The van der Waals surface area contributed by atoms with Crippen molar-refractivity contribution in [2.75, 3.05) is 0 Å². The number of nitrogens with zero attached hydrogens (tertiary/aromatic N) is 2. The van der Waals surface area contributed by atoms with E-state index in [-0.39, 0.29) is 17.3 Å². The van der Waals surface area contributed by atoms with Crippen molar-refractivity contribution >= 4 is 11.5 Å². The summed E-state index contributed by atoms with van der Waals surface area (Å²) in [5.74, 6) is 0.532. The molecule has 102 valence electrons. The van der Waals surface area contributed by atoms with E-state index in [4.69, 9.17) is 15.7 Å². The highest BCUT2D eigenvalue weighted by Gasteiger charge is 2.14. The fourth-order valence-electron chi connectivity index (χ4n) is 1.57. The number of para-hydroxylation sites is 2. The van der Waals surface area contributed by atoms with Crippen LogP contribution in [0.2, 0.25) is 0 Å². The van der Waals surface area contributed by atoms with E-state index in [0.29, 0.717) is 11.3 Å². The smallest absolute Gasteiger partial charge is 0.311 e. The fourth-order valence-corrected chi connectivity index (χ4v) is 1.57. The van der Waals surface area contributed by atoms with E-state index in [0.717, 1.165) is 0 Å². The van der Waals surface area contributed by atoms with Crippen molar-refractivity contribution in [3.8, 4) is 11.5 Å². The van der Waals surface area contributed by atoms with Crippen LogP contribution in [0.15, 0.2) is 53.7 Å². The van der Waals surface area contributed by atoms with E-state index in [1.165, 1.54) is 12.1 Å². The number of nitro benzene ring substituents is 1. The van der Waals surface area contributed by atoms with E-state index in [9.17, 15) is 10.1 Å². The number of oxime groups is 1. The van der Waals surface area contributed by atoms with Gasteiger partial charge in [-0.05, 0) is 30.3 Å². The van der Waals surface area contributed by atoms with Gasteiger partial charge in [-0.2, -0.15) is 0 Å². The van der Waals surface area contributed by atoms with Crippen molar-refractivity contribution in [3.63, 3.8) is 0 Å². The number of nitro groups is 1. The maximum atomic E-state index is 10.9. The number of rotatable bonds is 4. The van der Waals surface area contributed by atoms with Crippen LogP contribution in [0.5, 0.6) is 11.5 Å². The third-order valence-corrected chi connectivity index (χ3v) is 2.55. The molecule has 0 saturated carbocycles. The summed E-state index contributed by atoms with van der Waals surface area (Å²) in [6.45, 7) is 0. The number of nitrogens with two attached hydrogens (primary N) is 1. The van der Waals surface area contributed by atoms with Crippen LogP contribution in [0, 0.1) is 10.1 Å². The van der Waals surface area contributed by atoms with Crippen LogP contribution in [0.25, 0.3) is 0 Å². The quantitative estimate of drug-likeness (QED) is 0.292. The Morgan fingerprint density at radius 1 is 1.20 bits per heavy atom. The van der Waals surface area contributed by atoms with E-state index in [1.807, 2.05) is 0 Å². The van der Waals surface area contributed by atoms with Crippen LogP contribution in [-0.2, 0) is 0 Å². The third kappa shape index (κ3) is 2.83. The molecule has 2 aromatic rings. The topological polar surface area (TPSA) is 111 Å². The summed E-state index contributed by atoms with van der Waals surface area (Å²) in [7, 11) is 0. The maximum absolute atomic E-state index is 10.9. The lowest BCUT2D eigenvalue weighted by Gasteiger charge is -2.06. The van der Waals surface area contributed by atoms with Crippen LogP contribution in [-0.4, -0.2) is 16.0 Å². The average molecular weight is 273 g/mol. The first-order valence-corrected chi connectivity index (χ1v) is 5.61. The van der Waals surface area contributed by atoms with Crippen molar-refractivity contribution in [1.29, 1.82) is 0 Å². The van der Waals surface area contributed by atoms with Crippen LogP contribution in [0.3, 0.4) is 0 Å². The summed E-state index contributed by atoms with van der Waals surface area (Å²) in [6, 6.07) is 12.4. The van der Waals surface area contributed by atoms with Crippen LogP contribution < -0.4 is 10.5 Å². The van der Waals surface area contributed by atoms with Crippen molar-refractivity contribution in [2.24, 2.45) is 10.9 Å². The molecule has 0 fully saturated rings. The summed E-state index contributed by atoms with van der Waals surface area (Å²) in [4.78, 5) is 10.3. The second-order valence-electron chi connectivity index (χ2n) is 3.84. The summed E-state index contributed by atoms with van der Waals surface area (Å²) < 4.78 is 5.45. The van der Waals surface area contributed by atoms with Gasteiger partial charge in [-0.1, -0.05) is 17.3 Å². The first-order chi connectivity index (χ1) is 9.61. The molecule has 0 aromatic heterocycles. The Labute approximate surface area is 114 Å². The molecule has 0 spiro atoms. The first-order valence-electron chi connectivity index (χ1n) is 5.61. The Kier molecular flexibility index (Phi) is 3.80. The molecule has 0 radical (unpaired) electrons. The average Bonchev–Trinajstić information content (AvgIpc) is 2.47. The van der Waals surface area contributed by atoms with Gasteiger partial charge >= 0.3 is 5.69 Å². The number of benzene rings is 2. The highest BCUT2D eigenvalue weighted by atomic mass is 16.6. The second-order valence-corrected chi connectivity index (χ2v) is 3.84. The molecule has 20 heavy (non-hydrogen) atoms. The van der Waals surface area contributed by atoms with Gasteiger partial charge < -0.3 is 15.7 Å². The van der Waals surface area contributed by atoms with Gasteiger partial charge in [0.2, 0.25) is 5.75 Å². The molecule has 0 aliphatic heterocycles. The molecule has 0 amide bonds. The minimum Gasteiger partial charge on any atom is -0.450 e. The second kappa shape index (κ2) is 5.70. The van der Waals surface area contributed by atoms with Gasteiger partial charge in [0.15, 0.2) is 5.84 Å². The zero-order chi connectivity index (χ0) is 14.5. The molecule has 0 saturated heterocycles. The Balaban J connectivity index is 2.25. The minimum absolute atomic E-state index is 0.0257. The van der Waals surface area contributed by atoms with Gasteiger partial charge in [-0.25, -0.2) is 0 Å². The molecule has 0 atom stereocenters. The van der Waals surface area contributed by atoms with Gasteiger partial charge in [-0.15, -0.1) is 0 Å². The molecule has 7 nitrogen and oxygen atoms in total. The zero-order valence-electron chi connectivity index (χ0n) is 10.3. The highest BCUT2D eigenvalue weighted by molar-refractivity contribution is 5.97. The molecular formula is C13H11N3O4. The SMILES string of the molecule is N/C(=N\O)c1ccc(Oc2ccccc2[N+](=O)[O-])cc1. The molecule has 0 aliphatic rings. The Morgan fingerprint density at radius 3 is 2.45 bits per heavy atom. The molecule has 2 rings (SSSR count). The predicted molar refractivity (Wildman–Crippen MR) is 72.1 cm³/mol.